The van der Waals surface area contributed by atoms with Crippen molar-refractivity contribution in [1.29, 1.82) is 0 Å². The standard InChI is InChI=1S/C18H13NO4S4/c20-26(21,14-7-3-1-4-8-14)19(18-13-17-16(25-18)11-12-24-17)27(22,23)15-9-5-2-6-10-15/h1-13H. The van der Waals surface area contributed by atoms with Crippen LogP contribution in [0.4, 0.5) is 5.00 Å². The summed E-state index contributed by atoms with van der Waals surface area (Å²) in [6.45, 7) is 0. The van der Waals surface area contributed by atoms with E-state index in [1.807, 2.05) is 11.4 Å². The summed E-state index contributed by atoms with van der Waals surface area (Å²) in [5.41, 5.74) is 0. The molecule has 27 heavy (non-hydrogen) atoms. The fourth-order valence-corrected chi connectivity index (χ4v) is 8.83. The molecule has 4 aromatic rings. The number of benzene rings is 2. The van der Waals surface area contributed by atoms with E-state index >= 15 is 0 Å². The zero-order valence-corrected chi connectivity index (χ0v) is 17.0. The number of hydrogen-bond donors (Lipinski definition) is 0. The number of nitrogens with zero attached hydrogens (tertiary/aromatic N) is 1. The van der Waals surface area contributed by atoms with Gasteiger partial charge in [-0.05, 0) is 41.8 Å². The molecule has 0 spiro atoms. The lowest BCUT2D eigenvalue weighted by Gasteiger charge is -2.22. The molecule has 0 N–H and O–H groups in total. The average molecular weight is 436 g/mol. The van der Waals surface area contributed by atoms with Crippen molar-refractivity contribution < 1.29 is 16.8 Å². The molecule has 138 valence electrons. The van der Waals surface area contributed by atoms with Crippen molar-refractivity contribution in [3.05, 3.63) is 78.2 Å². The molecule has 0 amide bonds. The Kier molecular flexibility index (Phi) is 4.55. The van der Waals surface area contributed by atoms with Crippen LogP contribution in [0.2, 0.25) is 0 Å². The Balaban J connectivity index is 1.97. The summed E-state index contributed by atoms with van der Waals surface area (Å²) in [7, 11) is -8.65. The molecule has 0 unspecified atom stereocenters. The maximum Gasteiger partial charge on any atom is 0.278 e. The highest BCUT2D eigenvalue weighted by molar-refractivity contribution is 8.10. The Labute approximate surface area is 165 Å². The Hall–Kier alpha value is -2.20. The molecular formula is C18H13NO4S4. The molecule has 0 saturated heterocycles. The van der Waals surface area contributed by atoms with Gasteiger partial charge in [0, 0.05) is 9.40 Å². The van der Waals surface area contributed by atoms with E-state index in [9.17, 15) is 16.8 Å². The molecule has 2 aromatic carbocycles. The first kappa shape index (κ1) is 18.2. The normalized spacial score (nSPS) is 12.3. The number of thiophene rings is 2. The third-order valence-corrected chi connectivity index (χ3v) is 10.3. The highest BCUT2D eigenvalue weighted by Gasteiger charge is 2.38. The predicted octanol–water partition coefficient (Wildman–Crippen LogP) is 4.55. The minimum Gasteiger partial charge on any atom is -0.200 e. The zero-order chi connectivity index (χ0) is 19.1. The van der Waals surface area contributed by atoms with Crippen LogP contribution < -0.4 is 3.71 Å². The predicted molar refractivity (Wildman–Crippen MR) is 109 cm³/mol. The monoisotopic (exact) mass is 435 g/mol. The van der Waals surface area contributed by atoms with Gasteiger partial charge in [-0.15, -0.1) is 26.4 Å². The molecule has 2 heterocycles. The molecule has 0 atom stereocenters. The van der Waals surface area contributed by atoms with Crippen molar-refractivity contribution in [3.8, 4) is 0 Å². The summed E-state index contributed by atoms with van der Waals surface area (Å²) in [5, 5.41) is 2.02. The van der Waals surface area contributed by atoms with Crippen molar-refractivity contribution in [2.75, 3.05) is 3.71 Å². The van der Waals surface area contributed by atoms with E-state index < -0.39 is 20.0 Å². The third-order valence-electron chi connectivity index (χ3n) is 3.83. The van der Waals surface area contributed by atoms with Gasteiger partial charge >= 0.3 is 0 Å². The van der Waals surface area contributed by atoms with E-state index in [-0.39, 0.29) is 14.8 Å². The molecular weight excluding hydrogens is 422 g/mol. The minimum absolute atomic E-state index is 0.0822. The lowest BCUT2D eigenvalue weighted by molar-refractivity contribution is 0.584. The highest BCUT2D eigenvalue weighted by Crippen LogP contribution is 2.40. The van der Waals surface area contributed by atoms with E-state index in [0.717, 1.165) is 20.7 Å². The van der Waals surface area contributed by atoms with Crippen LogP contribution in [-0.2, 0) is 20.0 Å². The van der Waals surface area contributed by atoms with Gasteiger partial charge in [0.15, 0.2) is 0 Å². The second kappa shape index (κ2) is 6.75. The maximum absolute atomic E-state index is 13.3. The number of sulfonamides is 2. The Morgan fingerprint density at radius 2 is 1.19 bits per heavy atom. The maximum atomic E-state index is 13.3. The van der Waals surface area contributed by atoms with Gasteiger partial charge in [0.05, 0.1) is 9.79 Å². The van der Waals surface area contributed by atoms with Crippen LogP contribution in [-0.4, -0.2) is 16.8 Å². The highest BCUT2D eigenvalue weighted by atomic mass is 32.3. The molecule has 5 nitrogen and oxygen atoms in total. The lowest BCUT2D eigenvalue weighted by Crippen LogP contribution is -2.36. The van der Waals surface area contributed by atoms with Crippen molar-refractivity contribution in [2.45, 2.75) is 9.79 Å². The van der Waals surface area contributed by atoms with Gasteiger partial charge in [0.2, 0.25) is 0 Å². The quantitative estimate of drug-likeness (QED) is 0.461. The number of hydrogen-bond acceptors (Lipinski definition) is 6. The van der Waals surface area contributed by atoms with E-state index in [2.05, 4.69) is 0 Å². The van der Waals surface area contributed by atoms with Crippen LogP contribution >= 0.6 is 22.7 Å². The first-order valence-electron chi connectivity index (χ1n) is 7.78. The largest absolute Gasteiger partial charge is 0.278 e. The van der Waals surface area contributed by atoms with Crippen molar-refractivity contribution in [3.63, 3.8) is 0 Å². The van der Waals surface area contributed by atoms with E-state index in [0.29, 0.717) is 3.71 Å². The summed E-state index contributed by atoms with van der Waals surface area (Å²) >= 11 is 2.57. The third kappa shape index (κ3) is 3.16. The molecule has 9 heteroatoms. The molecule has 4 rings (SSSR count). The van der Waals surface area contributed by atoms with Crippen LogP contribution in [0, 0.1) is 0 Å². The van der Waals surface area contributed by atoms with Gasteiger partial charge in [-0.2, -0.15) is 16.8 Å². The average Bonchev–Trinajstić information content (AvgIpc) is 3.25. The smallest absolute Gasteiger partial charge is 0.200 e. The van der Waals surface area contributed by atoms with Gasteiger partial charge in [-0.3, -0.25) is 0 Å². The van der Waals surface area contributed by atoms with E-state index in [1.54, 1.807) is 42.5 Å². The van der Waals surface area contributed by atoms with E-state index in [1.165, 1.54) is 35.6 Å². The molecule has 0 fully saturated rings. The SMILES string of the molecule is O=S(=O)(c1ccccc1)N(c1cc2sccc2s1)S(=O)(=O)c1ccccc1. The summed E-state index contributed by atoms with van der Waals surface area (Å²) in [4.78, 5) is -0.164. The van der Waals surface area contributed by atoms with Crippen LogP contribution in [0.25, 0.3) is 9.40 Å². The molecule has 0 aliphatic rings. The fourth-order valence-electron chi connectivity index (χ4n) is 2.59. The Morgan fingerprint density at radius 3 is 1.67 bits per heavy atom. The topological polar surface area (TPSA) is 71.5 Å². The summed E-state index contributed by atoms with van der Waals surface area (Å²) in [6.07, 6.45) is 0. The Bertz CT molecular complexity index is 1190. The van der Waals surface area contributed by atoms with Gasteiger partial charge in [-0.25, -0.2) is 0 Å². The second-order valence-corrected chi connectivity index (χ2v) is 11.4. The lowest BCUT2D eigenvalue weighted by atomic mass is 10.4. The van der Waals surface area contributed by atoms with Crippen LogP contribution in [0.3, 0.4) is 0 Å². The van der Waals surface area contributed by atoms with Crippen LogP contribution in [0.1, 0.15) is 0 Å². The molecule has 0 aliphatic carbocycles. The minimum atomic E-state index is -4.33. The fraction of sp³-hybridized carbons (Fsp3) is 0. The first-order valence-corrected chi connectivity index (χ1v) is 12.4. The summed E-state index contributed by atoms with van der Waals surface area (Å²) < 4.78 is 55.5. The van der Waals surface area contributed by atoms with Crippen LogP contribution in [0.5, 0.6) is 0 Å². The molecule has 0 aliphatic heterocycles. The summed E-state index contributed by atoms with van der Waals surface area (Å²) in [5.74, 6) is 0. The number of rotatable bonds is 5. The van der Waals surface area contributed by atoms with Crippen LogP contribution in [0.15, 0.2) is 88.0 Å². The van der Waals surface area contributed by atoms with E-state index in [4.69, 9.17) is 0 Å². The van der Waals surface area contributed by atoms with Crippen molar-refractivity contribution in [2.24, 2.45) is 0 Å². The second-order valence-electron chi connectivity index (χ2n) is 5.57. The number of fused-ring (bicyclic) bond motifs is 1. The zero-order valence-electron chi connectivity index (χ0n) is 13.7. The summed E-state index contributed by atoms with van der Waals surface area (Å²) in [6, 6.07) is 18.6. The van der Waals surface area contributed by atoms with Crippen molar-refractivity contribution >= 4 is 57.1 Å². The molecule has 2 aromatic heterocycles. The van der Waals surface area contributed by atoms with Gasteiger partial charge in [0.1, 0.15) is 5.00 Å². The molecule has 0 radical (unpaired) electrons. The van der Waals surface area contributed by atoms with Gasteiger partial charge in [-0.1, -0.05) is 36.4 Å². The molecule has 0 saturated carbocycles. The Morgan fingerprint density at radius 1 is 0.667 bits per heavy atom. The number of anilines is 1. The van der Waals surface area contributed by atoms with Crippen molar-refractivity contribution in [1.82, 2.24) is 0 Å². The van der Waals surface area contributed by atoms with Gasteiger partial charge < -0.3 is 0 Å². The van der Waals surface area contributed by atoms with Gasteiger partial charge in [0.25, 0.3) is 20.0 Å². The molecule has 0 bridgehead atoms. The first-order chi connectivity index (χ1) is 12.9.